The maximum Gasteiger partial charge on any atom is 0.274 e. The van der Waals surface area contributed by atoms with Crippen molar-refractivity contribution in [1.82, 2.24) is 14.4 Å². The molecule has 4 aromatic rings. The van der Waals surface area contributed by atoms with Crippen molar-refractivity contribution in [2.45, 2.75) is 50.9 Å². The number of hydrogen-bond donors (Lipinski definition) is 2. The first-order chi connectivity index (χ1) is 17.3. The van der Waals surface area contributed by atoms with Crippen LogP contribution >= 0.6 is 11.6 Å². The summed E-state index contributed by atoms with van der Waals surface area (Å²) in [7, 11) is 0. The van der Waals surface area contributed by atoms with Gasteiger partial charge in [-0.25, -0.2) is 4.98 Å². The van der Waals surface area contributed by atoms with Crippen LogP contribution in [0.15, 0.2) is 41.3 Å². The number of amides is 2. The Balaban J connectivity index is 1.52. The maximum atomic E-state index is 13.6. The third-order valence-corrected chi connectivity index (χ3v) is 8.08. The Morgan fingerprint density at radius 2 is 1.89 bits per heavy atom. The number of anilines is 1. The van der Waals surface area contributed by atoms with E-state index in [4.69, 9.17) is 17.3 Å². The molecular weight excluding hydrogens is 478 g/mol. The number of hydrogen-bond acceptors (Lipinski definition) is 4. The molecule has 2 aromatic carbocycles. The lowest BCUT2D eigenvalue weighted by molar-refractivity contribution is -0.125. The highest BCUT2D eigenvalue weighted by Gasteiger charge is 2.43. The van der Waals surface area contributed by atoms with Crippen molar-refractivity contribution in [2.24, 2.45) is 5.73 Å². The second-order valence-corrected chi connectivity index (χ2v) is 10.4. The fraction of sp³-hybridized carbons (Fsp3) is 0.333. The number of nitrogens with two attached hydrogens (primary N) is 1. The van der Waals surface area contributed by atoms with Gasteiger partial charge < -0.3 is 15.6 Å². The average Bonchev–Trinajstić information content (AvgIpc) is 3.49. The minimum absolute atomic E-state index is 0.136. The highest BCUT2D eigenvalue weighted by atomic mass is 35.5. The van der Waals surface area contributed by atoms with Crippen molar-refractivity contribution in [1.29, 1.82) is 0 Å². The van der Waals surface area contributed by atoms with Crippen molar-refractivity contribution in [3.63, 3.8) is 0 Å². The van der Waals surface area contributed by atoms with Crippen LogP contribution in [0.3, 0.4) is 0 Å². The van der Waals surface area contributed by atoms with Crippen LogP contribution < -0.4 is 16.2 Å². The Labute approximate surface area is 212 Å². The van der Waals surface area contributed by atoms with Gasteiger partial charge in [0.05, 0.1) is 17.2 Å². The first-order valence-electron chi connectivity index (χ1n) is 12.2. The number of imidazole rings is 1. The molecule has 2 aromatic heterocycles. The van der Waals surface area contributed by atoms with Crippen LogP contribution in [-0.2, 0) is 16.6 Å². The van der Waals surface area contributed by atoms with Gasteiger partial charge in [0.25, 0.3) is 11.5 Å². The van der Waals surface area contributed by atoms with Crippen molar-refractivity contribution in [3.8, 4) is 0 Å². The molecule has 0 spiro atoms. The lowest BCUT2D eigenvalue weighted by atomic mass is 9.72. The molecule has 1 aliphatic heterocycles. The molecule has 1 saturated carbocycles. The van der Waals surface area contributed by atoms with Crippen molar-refractivity contribution < 1.29 is 9.59 Å². The highest BCUT2D eigenvalue weighted by Crippen LogP contribution is 2.39. The Morgan fingerprint density at radius 1 is 1.11 bits per heavy atom. The first kappa shape index (κ1) is 22.8. The van der Waals surface area contributed by atoms with Gasteiger partial charge in [-0.2, -0.15) is 0 Å². The molecule has 9 heteroatoms. The number of aromatic amines is 1. The predicted octanol–water partition coefficient (Wildman–Crippen LogP) is 4.03. The molecule has 2 amide bonds. The minimum Gasteiger partial charge on any atom is -0.369 e. The zero-order chi connectivity index (χ0) is 25.2. The van der Waals surface area contributed by atoms with Crippen LogP contribution in [0.2, 0.25) is 5.02 Å². The van der Waals surface area contributed by atoms with Crippen molar-refractivity contribution in [3.05, 3.63) is 74.4 Å². The summed E-state index contributed by atoms with van der Waals surface area (Å²) in [5, 5.41) is 0.648. The molecule has 8 nitrogen and oxygen atoms in total. The number of primary amides is 1. The summed E-state index contributed by atoms with van der Waals surface area (Å²) in [4.78, 5) is 48.6. The van der Waals surface area contributed by atoms with Gasteiger partial charge in [0, 0.05) is 22.8 Å². The Morgan fingerprint density at radius 3 is 2.64 bits per heavy atom. The molecule has 0 atom stereocenters. The number of carbonyl (C=O) groups excluding carboxylic acids is 2. The third-order valence-electron chi connectivity index (χ3n) is 7.85. The molecule has 0 unspecified atom stereocenters. The van der Waals surface area contributed by atoms with Gasteiger partial charge in [-0.15, -0.1) is 0 Å². The van der Waals surface area contributed by atoms with Gasteiger partial charge in [-0.1, -0.05) is 30.9 Å². The fourth-order valence-corrected chi connectivity index (χ4v) is 6.14. The van der Waals surface area contributed by atoms with Gasteiger partial charge in [0.15, 0.2) is 0 Å². The molecule has 184 valence electrons. The quantitative estimate of drug-likeness (QED) is 0.439. The van der Waals surface area contributed by atoms with E-state index in [1.165, 1.54) is 6.20 Å². The van der Waals surface area contributed by atoms with Gasteiger partial charge in [-0.05, 0) is 67.6 Å². The second kappa shape index (κ2) is 8.20. The molecule has 3 N–H and O–H groups in total. The maximum absolute atomic E-state index is 13.6. The van der Waals surface area contributed by atoms with E-state index in [1.54, 1.807) is 21.4 Å². The zero-order valence-corrected chi connectivity index (χ0v) is 20.7. The number of aryl methyl sites for hydroxylation is 1. The van der Waals surface area contributed by atoms with E-state index in [1.807, 2.05) is 25.1 Å². The molecule has 0 saturated heterocycles. The lowest BCUT2D eigenvalue weighted by Gasteiger charge is -2.33. The summed E-state index contributed by atoms with van der Waals surface area (Å²) in [6.07, 6.45) is 6.23. The minimum atomic E-state index is -0.922. The van der Waals surface area contributed by atoms with Gasteiger partial charge >= 0.3 is 0 Å². The van der Waals surface area contributed by atoms with Crippen LogP contribution in [0.1, 0.15) is 59.4 Å². The first-order valence-corrected chi connectivity index (χ1v) is 12.6. The number of aromatic nitrogens is 3. The van der Waals surface area contributed by atoms with Gasteiger partial charge in [-0.3, -0.25) is 18.8 Å². The number of rotatable bonds is 3. The Kier molecular flexibility index (Phi) is 5.19. The second-order valence-electron chi connectivity index (χ2n) is 9.93. The van der Waals surface area contributed by atoms with Gasteiger partial charge in [0.1, 0.15) is 16.8 Å². The van der Waals surface area contributed by atoms with E-state index in [9.17, 15) is 14.4 Å². The smallest absolute Gasteiger partial charge is 0.274 e. The van der Waals surface area contributed by atoms with E-state index >= 15 is 0 Å². The van der Waals surface area contributed by atoms with E-state index in [2.05, 4.69) is 9.97 Å². The molecule has 36 heavy (non-hydrogen) atoms. The number of benzene rings is 2. The van der Waals surface area contributed by atoms with Gasteiger partial charge in [0.2, 0.25) is 5.91 Å². The topological polar surface area (TPSA) is 114 Å². The third kappa shape index (κ3) is 3.27. The monoisotopic (exact) mass is 503 g/mol. The molecule has 3 heterocycles. The van der Waals surface area contributed by atoms with Crippen molar-refractivity contribution in [2.75, 3.05) is 11.4 Å². The van der Waals surface area contributed by atoms with Crippen LogP contribution in [0.25, 0.3) is 16.6 Å². The average molecular weight is 504 g/mol. The van der Waals surface area contributed by atoms with Crippen LogP contribution in [-0.4, -0.2) is 32.7 Å². The standard InChI is InChI=1S/C27H26ClN5O3/c1-15-11-21-19(13-18(15)24(35)32-10-7-16-12-17(28)5-6-20(16)32)31-23(34)22-14-30-26(33(21)22)27(25(29)36)8-3-2-4-9-27/h5-6,11-14H,2-4,7-10H2,1H3,(H2,29,36)(H,31,34). The Bertz CT molecular complexity index is 1630. The van der Waals surface area contributed by atoms with Crippen LogP contribution in [0.5, 0.6) is 0 Å². The predicted molar refractivity (Wildman–Crippen MR) is 139 cm³/mol. The summed E-state index contributed by atoms with van der Waals surface area (Å²) in [5.74, 6) is -0.0489. The number of nitrogens with zero attached hydrogens (tertiary/aromatic N) is 3. The Hall–Kier alpha value is -3.65. The molecule has 2 aliphatic rings. The number of halogens is 1. The molecule has 0 bridgehead atoms. The molecule has 1 fully saturated rings. The van der Waals surface area contributed by atoms with Crippen molar-refractivity contribution >= 4 is 45.7 Å². The summed E-state index contributed by atoms with van der Waals surface area (Å²) >= 11 is 6.14. The molecule has 0 radical (unpaired) electrons. The molecular formula is C27H26ClN5O3. The van der Waals surface area contributed by atoms with E-state index in [0.29, 0.717) is 52.3 Å². The highest BCUT2D eigenvalue weighted by molar-refractivity contribution is 6.30. The molecule has 1 aliphatic carbocycles. The lowest BCUT2D eigenvalue weighted by Crippen LogP contribution is -2.44. The summed E-state index contributed by atoms with van der Waals surface area (Å²) in [6.45, 7) is 2.44. The SMILES string of the molecule is Cc1cc2c(cc1C(=O)N1CCc3cc(Cl)ccc31)[nH]c(=O)c1cnc(C3(C(N)=O)CCCCC3)n12. The summed E-state index contributed by atoms with van der Waals surface area (Å²) in [6, 6.07) is 9.16. The van der Waals surface area contributed by atoms with E-state index in [-0.39, 0.29) is 11.5 Å². The number of H-pyrrole nitrogens is 1. The normalized spacial score (nSPS) is 17.0. The number of nitrogens with one attached hydrogen (secondary N) is 1. The summed E-state index contributed by atoms with van der Waals surface area (Å²) < 4.78 is 1.76. The van der Waals surface area contributed by atoms with Crippen LogP contribution in [0.4, 0.5) is 5.69 Å². The fourth-order valence-electron chi connectivity index (χ4n) is 5.95. The largest absolute Gasteiger partial charge is 0.369 e. The number of carbonyl (C=O) groups is 2. The molecule has 6 rings (SSSR count). The van der Waals surface area contributed by atoms with Crippen LogP contribution in [0, 0.1) is 6.92 Å². The number of fused-ring (bicyclic) bond motifs is 4. The van der Waals surface area contributed by atoms with E-state index < -0.39 is 11.3 Å². The zero-order valence-electron chi connectivity index (χ0n) is 19.9. The van der Waals surface area contributed by atoms with E-state index in [0.717, 1.165) is 42.5 Å². The summed E-state index contributed by atoms with van der Waals surface area (Å²) in [5.41, 5.74) is 9.39.